The first kappa shape index (κ1) is 35.7. The third-order valence-electron chi connectivity index (χ3n) is 8.60. The number of piperazine rings is 1. The summed E-state index contributed by atoms with van der Waals surface area (Å²) in [5.41, 5.74) is 7.52. The van der Waals surface area contributed by atoms with Gasteiger partial charge in [0.2, 0.25) is 5.91 Å². The molecule has 1 saturated heterocycles. The molecule has 10 nitrogen and oxygen atoms in total. The molecule has 1 fully saturated rings. The van der Waals surface area contributed by atoms with E-state index < -0.39 is 0 Å². The van der Waals surface area contributed by atoms with E-state index in [1.54, 1.807) is 16.7 Å². The maximum atomic E-state index is 12.5. The Labute approximate surface area is 295 Å². The molecular weight excluding hydrogens is 624 g/mol. The summed E-state index contributed by atoms with van der Waals surface area (Å²) in [6.45, 7) is 18.1. The molecule has 1 aliphatic heterocycles. The molecule has 0 unspecified atom stereocenters. The number of anilines is 4. The lowest BCUT2D eigenvalue weighted by atomic mass is 10.1. The number of nitrogens with zero attached hydrogens (tertiary/aromatic N) is 8. The Morgan fingerprint density at radius 2 is 0.920 bits per heavy atom. The van der Waals surface area contributed by atoms with Crippen molar-refractivity contribution in [2.45, 2.75) is 34.6 Å². The van der Waals surface area contributed by atoms with Gasteiger partial charge in [0, 0.05) is 73.5 Å². The minimum atomic E-state index is -0.0854. The van der Waals surface area contributed by atoms with Crippen molar-refractivity contribution in [3.63, 3.8) is 0 Å². The summed E-state index contributed by atoms with van der Waals surface area (Å²) in [4.78, 5) is 33.1. The van der Waals surface area contributed by atoms with Crippen molar-refractivity contribution in [2.24, 2.45) is 26.4 Å². The van der Waals surface area contributed by atoms with Crippen LogP contribution in [0.15, 0.2) is 130 Å². The zero-order chi connectivity index (χ0) is 35.6. The lowest BCUT2D eigenvalue weighted by Crippen LogP contribution is -2.46. The fourth-order valence-corrected chi connectivity index (χ4v) is 5.76. The minimum Gasteiger partial charge on any atom is -0.368 e. The third-order valence-corrected chi connectivity index (χ3v) is 8.60. The number of carbonyl (C=O) groups is 2. The Morgan fingerprint density at radius 1 is 0.600 bits per heavy atom. The Morgan fingerprint density at radius 3 is 1.22 bits per heavy atom. The smallest absolute Gasteiger partial charge is 0.253 e. The van der Waals surface area contributed by atoms with Crippen LogP contribution in [-0.4, -0.2) is 51.1 Å². The van der Waals surface area contributed by atoms with E-state index in [2.05, 4.69) is 61.1 Å². The molecule has 0 aliphatic carbocycles. The van der Waals surface area contributed by atoms with Gasteiger partial charge >= 0.3 is 0 Å². The van der Waals surface area contributed by atoms with E-state index in [0.717, 1.165) is 66.0 Å². The summed E-state index contributed by atoms with van der Waals surface area (Å²) in [6, 6.07) is 31.4. The number of carbonyl (C=O) groups excluding carboxylic acids is 2. The number of rotatable bonds is 12. The molecule has 0 atom stereocenters. The molecule has 50 heavy (non-hydrogen) atoms. The Hall–Kier alpha value is -5.64. The lowest BCUT2D eigenvalue weighted by Gasteiger charge is -2.37. The average Bonchev–Trinajstić information content (AvgIpc) is 3.15. The highest BCUT2D eigenvalue weighted by atomic mass is 16.2. The molecule has 0 saturated carbocycles. The van der Waals surface area contributed by atoms with Crippen LogP contribution in [0.2, 0.25) is 0 Å². The highest BCUT2D eigenvalue weighted by Crippen LogP contribution is 2.28. The van der Waals surface area contributed by atoms with Crippen LogP contribution in [0.25, 0.3) is 0 Å². The van der Waals surface area contributed by atoms with Gasteiger partial charge in [0.25, 0.3) is 5.91 Å². The minimum absolute atomic E-state index is 0.0546. The van der Waals surface area contributed by atoms with Crippen LogP contribution in [-0.2, 0) is 9.59 Å². The van der Waals surface area contributed by atoms with Gasteiger partial charge in [0.1, 0.15) is 0 Å². The van der Waals surface area contributed by atoms with Gasteiger partial charge in [-0.2, -0.15) is 20.5 Å². The van der Waals surface area contributed by atoms with Crippen molar-refractivity contribution in [1.29, 1.82) is 0 Å². The molecule has 0 radical (unpaired) electrons. The Bertz CT molecular complexity index is 1810. The van der Waals surface area contributed by atoms with Crippen LogP contribution in [0.5, 0.6) is 0 Å². The quantitative estimate of drug-likeness (QED) is 0.111. The zero-order valence-corrected chi connectivity index (χ0v) is 29.7. The molecule has 0 aromatic heterocycles. The van der Waals surface area contributed by atoms with Gasteiger partial charge in [-0.3, -0.25) is 9.59 Å². The van der Waals surface area contributed by atoms with Crippen LogP contribution in [0.1, 0.15) is 34.6 Å². The van der Waals surface area contributed by atoms with Crippen LogP contribution in [0, 0.1) is 5.92 Å². The summed E-state index contributed by atoms with van der Waals surface area (Å²) in [6.07, 6.45) is 0. The van der Waals surface area contributed by atoms with Crippen LogP contribution in [0.3, 0.4) is 0 Å². The maximum Gasteiger partial charge on any atom is 0.253 e. The maximum absolute atomic E-state index is 12.5. The average molecular weight is 671 g/mol. The number of azo groups is 2. The summed E-state index contributed by atoms with van der Waals surface area (Å²) in [5.74, 6) is -0.0325. The molecule has 258 valence electrons. The van der Waals surface area contributed by atoms with Gasteiger partial charge in [-0.15, -0.1) is 0 Å². The summed E-state index contributed by atoms with van der Waals surface area (Å²) in [5, 5.41) is 17.6. The second-order valence-electron chi connectivity index (χ2n) is 12.5. The predicted molar refractivity (Wildman–Crippen MR) is 204 cm³/mol. The molecule has 0 spiro atoms. The van der Waals surface area contributed by atoms with E-state index in [4.69, 9.17) is 0 Å². The fraction of sp³-hybridized carbons (Fsp3) is 0.300. The number of amides is 2. The van der Waals surface area contributed by atoms with Gasteiger partial charge in [-0.25, -0.2) is 0 Å². The first-order valence-corrected chi connectivity index (χ1v) is 17.2. The highest BCUT2D eigenvalue weighted by molar-refractivity contribution is 6.04. The van der Waals surface area contributed by atoms with Crippen molar-refractivity contribution < 1.29 is 9.59 Å². The van der Waals surface area contributed by atoms with Crippen LogP contribution < -0.4 is 19.6 Å². The molecule has 0 N–H and O–H groups in total. The van der Waals surface area contributed by atoms with E-state index in [9.17, 15) is 9.59 Å². The third kappa shape index (κ3) is 8.87. The van der Waals surface area contributed by atoms with Crippen LogP contribution in [0.4, 0.5) is 45.5 Å². The number of benzene rings is 4. The fourth-order valence-electron chi connectivity index (χ4n) is 5.76. The summed E-state index contributed by atoms with van der Waals surface area (Å²) < 4.78 is 0. The van der Waals surface area contributed by atoms with Gasteiger partial charge in [0.15, 0.2) is 0 Å². The second kappa shape index (κ2) is 16.6. The molecule has 10 heteroatoms. The first-order valence-electron chi connectivity index (χ1n) is 17.2. The largest absolute Gasteiger partial charge is 0.368 e. The molecule has 1 aliphatic rings. The van der Waals surface area contributed by atoms with Crippen molar-refractivity contribution in [2.75, 3.05) is 58.9 Å². The van der Waals surface area contributed by atoms with E-state index in [1.165, 1.54) is 0 Å². The molecule has 1 heterocycles. The summed E-state index contributed by atoms with van der Waals surface area (Å²) in [7, 11) is 0. The number of hydrogen-bond acceptors (Lipinski definition) is 8. The van der Waals surface area contributed by atoms with Gasteiger partial charge in [0.05, 0.1) is 22.7 Å². The monoisotopic (exact) mass is 670 g/mol. The zero-order valence-electron chi connectivity index (χ0n) is 29.7. The van der Waals surface area contributed by atoms with E-state index in [0.29, 0.717) is 24.4 Å². The van der Waals surface area contributed by atoms with Crippen molar-refractivity contribution >= 4 is 57.3 Å². The van der Waals surface area contributed by atoms with Crippen molar-refractivity contribution in [3.05, 3.63) is 109 Å². The van der Waals surface area contributed by atoms with Gasteiger partial charge in [-0.05, 0) is 118 Å². The Kier molecular flexibility index (Phi) is 11.9. The molecule has 2 amide bonds. The number of likely N-dealkylation sites (N-methyl/N-ethyl adjacent to an activating group) is 1. The first-order chi connectivity index (χ1) is 24.2. The molecular formula is C40H46N8O2. The van der Waals surface area contributed by atoms with Crippen LogP contribution >= 0.6 is 0 Å². The Balaban J connectivity index is 1.10. The van der Waals surface area contributed by atoms with E-state index in [1.807, 2.05) is 100 Å². The second-order valence-corrected chi connectivity index (χ2v) is 12.5. The van der Waals surface area contributed by atoms with Gasteiger partial charge < -0.3 is 19.6 Å². The molecule has 5 rings (SSSR count). The van der Waals surface area contributed by atoms with Crippen molar-refractivity contribution in [3.8, 4) is 0 Å². The van der Waals surface area contributed by atoms with Gasteiger partial charge in [-0.1, -0.05) is 20.4 Å². The highest BCUT2D eigenvalue weighted by Gasteiger charge is 2.19. The summed E-state index contributed by atoms with van der Waals surface area (Å²) >= 11 is 0. The van der Waals surface area contributed by atoms with E-state index in [-0.39, 0.29) is 17.7 Å². The topological polar surface area (TPSA) is 96.5 Å². The van der Waals surface area contributed by atoms with Crippen molar-refractivity contribution in [1.82, 2.24) is 0 Å². The number of hydrogen-bond donors (Lipinski definition) is 0. The normalized spacial score (nSPS) is 13.3. The predicted octanol–water partition coefficient (Wildman–Crippen LogP) is 9.78. The standard InChI is InChI=1S/C40H46N8O2/c1-7-47(39(49)29(3)4)37-21-13-33(14-22-37)43-41-31-9-17-35(18-10-31)45-25-27-46(28-26-45)36-19-11-32(12-20-36)42-44-34-15-23-38(24-16-34)48(8-2)40(50)30(5)6/h9-24,30H,3,7-8,25-28H2,1-2,4-6H3/b43-41+,44-42+. The lowest BCUT2D eigenvalue weighted by molar-refractivity contribution is -0.121. The molecule has 4 aromatic carbocycles. The van der Waals surface area contributed by atoms with E-state index >= 15 is 0 Å². The SMILES string of the molecule is C=C(C)C(=O)N(CC)c1ccc(/N=N/c2ccc(N3CCN(c4ccc(/N=N/c5ccc(N(CC)C(=O)C(C)C)cc5)cc4)CC3)cc2)cc1. The molecule has 0 bridgehead atoms. The molecule has 4 aromatic rings.